The predicted octanol–water partition coefficient (Wildman–Crippen LogP) is 3.80. The molecule has 1 saturated heterocycles. The molecule has 5 nitrogen and oxygen atoms in total. The molecule has 6 heteroatoms. The largest absolute Gasteiger partial charge is 0.345 e. The lowest BCUT2D eigenvalue weighted by Crippen LogP contribution is -2.49. The van der Waals surface area contributed by atoms with Gasteiger partial charge >= 0.3 is 0 Å². The van der Waals surface area contributed by atoms with Gasteiger partial charge in [0, 0.05) is 39.1 Å². The van der Waals surface area contributed by atoms with Crippen molar-refractivity contribution in [3.05, 3.63) is 94.2 Å². The van der Waals surface area contributed by atoms with Crippen molar-refractivity contribution in [1.29, 1.82) is 0 Å². The van der Waals surface area contributed by atoms with E-state index in [1.807, 2.05) is 83.1 Å². The quantitative estimate of drug-likeness (QED) is 0.617. The molecule has 0 radical (unpaired) electrons. The number of nitrogens with zero attached hydrogens (tertiary/aromatic N) is 2. The fraction of sp³-hybridized carbons (Fsp3) is 0.280. The molecular weight excluding hydrogens is 406 g/mol. The predicted molar refractivity (Wildman–Crippen MR) is 124 cm³/mol. The third-order valence-electron chi connectivity index (χ3n) is 5.62. The summed E-state index contributed by atoms with van der Waals surface area (Å²) < 4.78 is 0. The van der Waals surface area contributed by atoms with Gasteiger partial charge in [-0.05, 0) is 22.6 Å². The Bertz CT molecular complexity index is 929. The number of piperazine rings is 1. The molecular formula is C25H27N3O2S. The van der Waals surface area contributed by atoms with E-state index in [-0.39, 0.29) is 17.9 Å². The fourth-order valence-corrected chi connectivity index (χ4v) is 4.56. The lowest BCUT2D eigenvalue weighted by Gasteiger charge is -2.34. The maximum atomic E-state index is 12.8. The number of carbonyl (C=O) groups excluding carboxylic acids is 2. The minimum Gasteiger partial charge on any atom is -0.345 e. The van der Waals surface area contributed by atoms with Gasteiger partial charge in [-0.25, -0.2) is 0 Å². The van der Waals surface area contributed by atoms with Crippen LogP contribution >= 0.6 is 11.3 Å². The second kappa shape index (κ2) is 10.4. The molecule has 0 spiro atoms. The lowest BCUT2D eigenvalue weighted by atomic mass is 9.98. The Kier molecular flexibility index (Phi) is 7.12. The number of hydrogen-bond donors (Lipinski definition) is 1. The van der Waals surface area contributed by atoms with Gasteiger partial charge in [-0.2, -0.15) is 0 Å². The van der Waals surface area contributed by atoms with Gasteiger partial charge < -0.3 is 10.2 Å². The van der Waals surface area contributed by atoms with Crippen LogP contribution < -0.4 is 5.32 Å². The van der Waals surface area contributed by atoms with Crippen molar-refractivity contribution in [1.82, 2.24) is 15.1 Å². The summed E-state index contributed by atoms with van der Waals surface area (Å²) in [5.41, 5.74) is 2.14. The van der Waals surface area contributed by atoms with Crippen LogP contribution in [-0.4, -0.2) is 54.3 Å². The van der Waals surface area contributed by atoms with E-state index in [4.69, 9.17) is 0 Å². The zero-order valence-corrected chi connectivity index (χ0v) is 18.3. The second-order valence-corrected chi connectivity index (χ2v) is 8.63. The molecule has 1 aliphatic rings. The Morgan fingerprint density at radius 1 is 0.839 bits per heavy atom. The maximum Gasteiger partial charge on any atom is 0.264 e. The zero-order chi connectivity index (χ0) is 21.5. The second-order valence-electron chi connectivity index (χ2n) is 7.68. The smallest absolute Gasteiger partial charge is 0.264 e. The van der Waals surface area contributed by atoms with E-state index in [0.717, 1.165) is 29.1 Å². The lowest BCUT2D eigenvalue weighted by molar-refractivity contribution is -0.122. The third-order valence-corrected chi connectivity index (χ3v) is 6.48. The number of carbonyl (C=O) groups is 2. The minimum atomic E-state index is -0.157. The van der Waals surface area contributed by atoms with E-state index < -0.39 is 0 Å². The first-order valence-electron chi connectivity index (χ1n) is 10.6. The molecule has 0 saturated carbocycles. The van der Waals surface area contributed by atoms with E-state index in [2.05, 4.69) is 10.2 Å². The summed E-state index contributed by atoms with van der Waals surface area (Å²) in [5.74, 6) is 0.149. The van der Waals surface area contributed by atoms with Crippen LogP contribution in [-0.2, 0) is 4.79 Å². The highest BCUT2D eigenvalue weighted by molar-refractivity contribution is 7.12. The third kappa shape index (κ3) is 5.60. The average molecular weight is 434 g/mol. The number of hydrogen-bond acceptors (Lipinski definition) is 4. The molecule has 2 heterocycles. The van der Waals surface area contributed by atoms with Crippen LogP contribution in [0.15, 0.2) is 78.2 Å². The fourth-order valence-electron chi connectivity index (χ4n) is 3.87. The van der Waals surface area contributed by atoms with Crippen LogP contribution in [0, 0.1) is 0 Å². The van der Waals surface area contributed by atoms with Gasteiger partial charge in [-0.1, -0.05) is 66.7 Å². The van der Waals surface area contributed by atoms with Gasteiger partial charge in [0.15, 0.2) is 0 Å². The molecule has 160 valence electrons. The molecule has 1 N–H and O–H groups in total. The van der Waals surface area contributed by atoms with Crippen LogP contribution in [0.5, 0.6) is 0 Å². The van der Waals surface area contributed by atoms with Crippen LogP contribution in [0.1, 0.15) is 33.3 Å². The van der Waals surface area contributed by atoms with Gasteiger partial charge in [0.25, 0.3) is 5.91 Å². The van der Waals surface area contributed by atoms with E-state index >= 15 is 0 Å². The molecule has 31 heavy (non-hydrogen) atoms. The van der Waals surface area contributed by atoms with Gasteiger partial charge in [0.05, 0.1) is 10.9 Å². The van der Waals surface area contributed by atoms with Crippen LogP contribution in [0.4, 0.5) is 0 Å². The summed E-state index contributed by atoms with van der Waals surface area (Å²) >= 11 is 1.48. The topological polar surface area (TPSA) is 52.7 Å². The molecule has 0 bridgehead atoms. The number of benzene rings is 2. The van der Waals surface area contributed by atoms with Crippen molar-refractivity contribution >= 4 is 23.2 Å². The Morgan fingerprint density at radius 2 is 1.45 bits per heavy atom. The Hall–Kier alpha value is -2.96. The molecule has 1 aromatic heterocycles. The van der Waals surface area contributed by atoms with Crippen molar-refractivity contribution < 1.29 is 9.59 Å². The molecule has 1 aliphatic heterocycles. The summed E-state index contributed by atoms with van der Waals surface area (Å²) in [5, 5.41) is 5.14. The van der Waals surface area contributed by atoms with Crippen molar-refractivity contribution in [2.75, 3.05) is 32.7 Å². The number of amides is 2. The van der Waals surface area contributed by atoms with Crippen molar-refractivity contribution in [3.8, 4) is 0 Å². The molecule has 0 unspecified atom stereocenters. The van der Waals surface area contributed by atoms with Gasteiger partial charge in [-0.15, -0.1) is 11.3 Å². The van der Waals surface area contributed by atoms with Crippen molar-refractivity contribution in [2.45, 2.75) is 12.5 Å². The maximum absolute atomic E-state index is 12.8. The Labute approximate surface area is 187 Å². The van der Waals surface area contributed by atoms with Crippen molar-refractivity contribution in [2.24, 2.45) is 0 Å². The van der Waals surface area contributed by atoms with Crippen LogP contribution in [0.2, 0.25) is 0 Å². The first-order chi connectivity index (χ1) is 15.2. The molecule has 4 rings (SSSR count). The van der Waals surface area contributed by atoms with E-state index in [0.29, 0.717) is 26.1 Å². The summed E-state index contributed by atoms with van der Waals surface area (Å²) in [6.07, 6.45) is 0.440. The highest BCUT2D eigenvalue weighted by Crippen LogP contribution is 2.22. The van der Waals surface area contributed by atoms with Crippen LogP contribution in [0.25, 0.3) is 0 Å². The normalized spacial score (nSPS) is 14.5. The summed E-state index contributed by atoms with van der Waals surface area (Å²) in [6.45, 7) is 3.70. The number of nitrogens with one attached hydrogen (secondary N) is 1. The Balaban J connectivity index is 1.29. The van der Waals surface area contributed by atoms with Crippen LogP contribution in [0.3, 0.4) is 0 Å². The van der Waals surface area contributed by atoms with Crippen molar-refractivity contribution in [3.63, 3.8) is 0 Å². The van der Waals surface area contributed by atoms with E-state index in [1.165, 1.54) is 11.3 Å². The average Bonchev–Trinajstić information content (AvgIpc) is 3.37. The number of rotatable bonds is 7. The highest BCUT2D eigenvalue weighted by atomic mass is 32.1. The SMILES string of the molecule is O=C(CCN1CCN(C(=O)c2cccs2)CC1)NC(c1ccccc1)c1ccccc1. The monoisotopic (exact) mass is 433 g/mol. The molecule has 3 aromatic rings. The van der Waals surface area contributed by atoms with Gasteiger partial charge in [0.2, 0.25) is 5.91 Å². The van der Waals surface area contributed by atoms with E-state index in [9.17, 15) is 9.59 Å². The zero-order valence-electron chi connectivity index (χ0n) is 17.4. The van der Waals surface area contributed by atoms with Gasteiger partial charge in [0.1, 0.15) is 0 Å². The minimum absolute atomic E-state index is 0.0368. The molecule has 2 amide bonds. The molecule has 0 atom stereocenters. The van der Waals surface area contributed by atoms with Gasteiger partial charge in [-0.3, -0.25) is 14.5 Å². The standard InChI is InChI=1S/C25H27N3O2S/c29-23(26-24(20-8-3-1-4-9-20)21-10-5-2-6-11-21)13-14-27-15-17-28(18-16-27)25(30)22-12-7-19-31-22/h1-12,19,24H,13-18H2,(H,26,29). The highest BCUT2D eigenvalue weighted by Gasteiger charge is 2.23. The van der Waals surface area contributed by atoms with E-state index in [1.54, 1.807) is 0 Å². The first-order valence-corrected chi connectivity index (χ1v) is 11.5. The molecule has 1 fully saturated rings. The Morgan fingerprint density at radius 3 is 2.00 bits per heavy atom. The first kappa shape index (κ1) is 21.3. The number of thiophene rings is 1. The molecule has 0 aliphatic carbocycles. The summed E-state index contributed by atoms with van der Waals surface area (Å²) in [4.78, 5) is 30.2. The summed E-state index contributed by atoms with van der Waals surface area (Å²) in [7, 11) is 0. The molecule has 2 aromatic carbocycles. The summed E-state index contributed by atoms with van der Waals surface area (Å²) in [6, 6.07) is 23.7.